The second-order valence-corrected chi connectivity index (χ2v) is 4.98. The van der Waals surface area contributed by atoms with Gasteiger partial charge in [-0.2, -0.15) is 0 Å². The maximum absolute atomic E-state index is 12.0. The molecule has 0 aliphatic heterocycles. The number of benzene rings is 2. The molecule has 0 unspecified atom stereocenters. The summed E-state index contributed by atoms with van der Waals surface area (Å²) in [6.45, 7) is 3.84. The number of hydrogen-bond acceptors (Lipinski definition) is 3. The standard InChI is InChI=1S/C17H18N2O3/c1-3-12-5-7-13(8-6-12)16(21)18-19-17(22)14-10-11(2)4-9-15(14)20/h4-10,20H,3H2,1-2H3,(H,18,21)(H,19,22). The second kappa shape index (κ2) is 6.76. The van der Waals surface area contributed by atoms with Gasteiger partial charge in [-0.25, -0.2) is 0 Å². The molecule has 2 aromatic carbocycles. The molecule has 2 aromatic rings. The highest BCUT2D eigenvalue weighted by Gasteiger charge is 2.12. The van der Waals surface area contributed by atoms with Gasteiger partial charge in [-0.05, 0) is 43.2 Å². The Balaban J connectivity index is 2.00. The van der Waals surface area contributed by atoms with Gasteiger partial charge in [-0.15, -0.1) is 0 Å². The van der Waals surface area contributed by atoms with Crippen molar-refractivity contribution < 1.29 is 14.7 Å². The number of hydrazine groups is 1. The van der Waals surface area contributed by atoms with Gasteiger partial charge in [-0.1, -0.05) is 30.7 Å². The lowest BCUT2D eigenvalue weighted by Gasteiger charge is -2.09. The molecule has 114 valence electrons. The number of carbonyl (C=O) groups is 2. The number of hydrogen-bond donors (Lipinski definition) is 3. The molecule has 0 radical (unpaired) electrons. The number of amides is 2. The van der Waals surface area contributed by atoms with Crippen LogP contribution >= 0.6 is 0 Å². The molecule has 22 heavy (non-hydrogen) atoms. The first kappa shape index (κ1) is 15.6. The van der Waals surface area contributed by atoms with Crippen LogP contribution in [0.1, 0.15) is 38.8 Å². The van der Waals surface area contributed by atoms with Gasteiger partial charge in [0.2, 0.25) is 0 Å². The van der Waals surface area contributed by atoms with E-state index in [4.69, 9.17) is 0 Å². The summed E-state index contributed by atoms with van der Waals surface area (Å²) in [5.74, 6) is -1.12. The van der Waals surface area contributed by atoms with E-state index in [0.717, 1.165) is 17.5 Å². The van der Waals surface area contributed by atoms with Crippen molar-refractivity contribution in [3.05, 3.63) is 64.7 Å². The quantitative estimate of drug-likeness (QED) is 0.761. The predicted molar refractivity (Wildman–Crippen MR) is 83.6 cm³/mol. The van der Waals surface area contributed by atoms with E-state index in [1.165, 1.54) is 6.07 Å². The molecular weight excluding hydrogens is 280 g/mol. The third kappa shape index (κ3) is 3.63. The minimum absolute atomic E-state index is 0.113. The fraction of sp³-hybridized carbons (Fsp3) is 0.176. The Bertz CT molecular complexity index is 694. The third-order valence-corrected chi connectivity index (χ3v) is 3.31. The van der Waals surface area contributed by atoms with Gasteiger partial charge in [0, 0.05) is 5.56 Å². The summed E-state index contributed by atoms with van der Waals surface area (Å²) in [7, 11) is 0. The number of phenols is 1. The molecule has 2 amide bonds. The zero-order chi connectivity index (χ0) is 16.1. The summed E-state index contributed by atoms with van der Waals surface area (Å²) in [6.07, 6.45) is 0.894. The minimum Gasteiger partial charge on any atom is -0.507 e. The summed E-state index contributed by atoms with van der Waals surface area (Å²) in [5, 5.41) is 9.67. The number of phenolic OH excluding ortho intramolecular Hbond substituents is 1. The van der Waals surface area contributed by atoms with E-state index in [-0.39, 0.29) is 11.3 Å². The molecule has 2 rings (SSSR count). The van der Waals surface area contributed by atoms with E-state index in [0.29, 0.717) is 5.56 Å². The number of aromatic hydroxyl groups is 1. The minimum atomic E-state index is -0.570. The molecule has 0 aliphatic carbocycles. The van der Waals surface area contributed by atoms with Crippen molar-refractivity contribution in [2.45, 2.75) is 20.3 Å². The van der Waals surface area contributed by atoms with Crippen LogP contribution in [-0.4, -0.2) is 16.9 Å². The normalized spacial score (nSPS) is 10.1. The molecule has 0 spiro atoms. The molecule has 5 heteroatoms. The van der Waals surface area contributed by atoms with Crippen LogP contribution in [0.2, 0.25) is 0 Å². The van der Waals surface area contributed by atoms with Crippen molar-refractivity contribution in [1.29, 1.82) is 0 Å². The lowest BCUT2D eigenvalue weighted by Crippen LogP contribution is -2.41. The van der Waals surface area contributed by atoms with E-state index in [2.05, 4.69) is 10.9 Å². The maximum Gasteiger partial charge on any atom is 0.273 e. The number of nitrogens with one attached hydrogen (secondary N) is 2. The molecule has 0 saturated carbocycles. The van der Waals surface area contributed by atoms with E-state index in [1.807, 2.05) is 26.0 Å². The van der Waals surface area contributed by atoms with Gasteiger partial charge in [0.15, 0.2) is 0 Å². The van der Waals surface area contributed by atoms with Crippen LogP contribution in [-0.2, 0) is 6.42 Å². The summed E-state index contributed by atoms with van der Waals surface area (Å²) in [4.78, 5) is 23.9. The Kier molecular flexibility index (Phi) is 4.78. The van der Waals surface area contributed by atoms with Crippen molar-refractivity contribution in [1.82, 2.24) is 10.9 Å². The van der Waals surface area contributed by atoms with Crippen LogP contribution in [0.3, 0.4) is 0 Å². The third-order valence-electron chi connectivity index (χ3n) is 3.31. The smallest absolute Gasteiger partial charge is 0.273 e. The van der Waals surface area contributed by atoms with E-state index < -0.39 is 11.8 Å². The molecule has 0 aliphatic rings. The van der Waals surface area contributed by atoms with Crippen molar-refractivity contribution in [2.75, 3.05) is 0 Å². The topological polar surface area (TPSA) is 78.4 Å². The Hall–Kier alpha value is -2.82. The van der Waals surface area contributed by atoms with E-state index >= 15 is 0 Å². The van der Waals surface area contributed by atoms with Crippen molar-refractivity contribution >= 4 is 11.8 Å². The van der Waals surface area contributed by atoms with Gasteiger partial charge in [0.1, 0.15) is 5.75 Å². The van der Waals surface area contributed by atoms with Crippen molar-refractivity contribution in [2.24, 2.45) is 0 Å². The average Bonchev–Trinajstić information content (AvgIpc) is 2.54. The molecule has 0 bridgehead atoms. The molecule has 3 N–H and O–H groups in total. The highest BCUT2D eigenvalue weighted by Crippen LogP contribution is 2.17. The average molecular weight is 298 g/mol. The summed E-state index contributed by atoms with van der Waals surface area (Å²) >= 11 is 0. The maximum atomic E-state index is 12.0. The van der Waals surface area contributed by atoms with Gasteiger partial charge in [0.05, 0.1) is 5.56 Å². The first-order valence-corrected chi connectivity index (χ1v) is 7.00. The zero-order valence-electron chi connectivity index (χ0n) is 12.5. The van der Waals surface area contributed by atoms with Gasteiger partial charge in [0.25, 0.3) is 11.8 Å². The van der Waals surface area contributed by atoms with Gasteiger partial charge < -0.3 is 5.11 Å². The Morgan fingerprint density at radius 3 is 2.27 bits per heavy atom. The first-order chi connectivity index (χ1) is 10.5. The summed E-state index contributed by atoms with van der Waals surface area (Å²) < 4.78 is 0. The van der Waals surface area contributed by atoms with Crippen LogP contribution in [0.25, 0.3) is 0 Å². The highest BCUT2D eigenvalue weighted by atomic mass is 16.3. The molecule has 0 saturated heterocycles. The monoisotopic (exact) mass is 298 g/mol. The van der Waals surface area contributed by atoms with Crippen LogP contribution in [0, 0.1) is 6.92 Å². The molecule has 0 atom stereocenters. The Labute approximate surface area is 129 Å². The fourth-order valence-electron chi connectivity index (χ4n) is 1.98. The SMILES string of the molecule is CCc1ccc(C(=O)NNC(=O)c2cc(C)ccc2O)cc1. The highest BCUT2D eigenvalue weighted by molar-refractivity contribution is 6.00. The second-order valence-electron chi connectivity index (χ2n) is 4.98. The van der Waals surface area contributed by atoms with Crippen LogP contribution < -0.4 is 10.9 Å². The van der Waals surface area contributed by atoms with Crippen LogP contribution in [0.15, 0.2) is 42.5 Å². The first-order valence-electron chi connectivity index (χ1n) is 7.00. The number of aryl methyl sites for hydroxylation is 2. The largest absolute Gasteiger partial charge is 0.507 e. The van der Waals surface area contributed by atoms with Crippen molar-refractivity contribution in [3.63, 3.8) is 0 Å². The van der Waals surface area contributed by atoms with Crippen molar-refractivity contribution in [3.8, 4) is 5.75 Å². The van der Waals surface area contributed by atoms with Crippen LogP contribution in [0.4, 0.5) is 0 Å². The Morgan fingerprint density at radius 2 is 1.64 bits per heavy atom. The van der Waals surface area contributed by atoms with E-state index in [1.54, 1.807) is 24.3 Å². The zero-order valence-corrected chi connectivity index (χ0v) is 12.5. The molecular formula is C17H18N2O3. The molecule has 0 heterocycles. The summed E-state index contributed by atoms with van der Waals surface area (Å²) in [5.41, 5.74) is 7.16. The van der Waals surface area contributed by atoms with E-state index in [9.17, 15) is 14.7 Å². The predicted octanol–water partition coefficient (Wildman–Crippen LogP) is 2.34. The lowest BCUT2D eigenvalue weighted by atomic mass is 10.1. The summed E-state index contributed by atoms with van der Waals surface area (Å²) in [6, 6.07) is 11.8. The lowest BCUT2D eigenvalue weighted by molar-refractivity contribution is 0.0845. The van der Waals surface area contributed by atoms with Gasteiger partial charge >= 0.3 is 0 Å². The van der Waals surface area contributed by atoms with Crippen LogP contribution in [0.5, 0.6) is 5.75 Å². The molecule has 5 nitrogen and oxygen atoms in total. The fourth-order valence-corrected chi connectivity index (χ4v) is 1.98. The Morgan fingerprint density at radius 1 is 1.00 bits per heavy atom. The molecule has 0 fully saturated rings. The number of rotatable bonds is 3. The molecule has 0 aromatic heterocycles. The number of carbonyl (C=O) groups excluding carboxylic acids is 2. The van der Waals surface area contributed by atoms with Gasteiger partial charge in [-0.3, -0.25) is 20.4 Å².